The molecule has 2 saturated heterocycles. The Balaban J connectivity index is 1.46. The number of carboxylic acids is 1. The monoisotopic (exact) mass is 372 g/mol. The summed E-state index contributed by atoms with van der Waals surface area (Å²) in [5, 5.41) is 9.60. The molecule has 0 bridgehead atoms. The fourth-order valence-electron chi connectivity index (χ4n) is 4.39. The maximum atomic E-state index is 12.5. The molecule has 3 heterocycles. The lowest BCUT2D eigenvalue weighted by Crippen LogP contribution is -2.43. The number of anilines is 1. The molecule has 2 amide bonds. The molecule has 8 nitrogen and oxygen atoms in total. The number of carboxylic acid groups (broad SMARTS) is 1. The summed E-state index contributed by atoms with van der Waals surface area (Å²) < 4.78 is 0. The lowest BCUT2D eigenvalue weighted by atomic mass is 9.76. The highest BCUT2D eigenvalue weighted by Crippen LogP contribution is 2.46. The van der Waals surface area contributed by atoms with Crippen molar-refractivity contribution in [1.29, 1.82) is 0 Å². The van der Waals surface area contributed by atoms with Crippen molar-refractivity contribution in [2.75, 3.05) is 24.5 Å². The lowest BCUT2D eigenvalue weighted by molar-refractivity contribution is -0.148. The number of nitrogens with zero attached hydrogens (tertiary/aromatic N) is 3. The van der Waals surface area contributed by atoms with Crippen LogP contribution in [0.4, 0.5) is 5.82 Å². The van der Waals surface area contributed by atoms with Crippen molar-refractivity contribution in [3.05, 3.63) is 23.9 Å². The zero-order valence-corrected chi connectivity index (χ0v) is 15.1. The van der Waals surface area contributed by atoms with Crippen molar-refractivity contribution >= 4 is 23.6 Å². The van der Waals surface area contributed by atoms with E-state index in [1.54, 1.807) is 23.2 Å². The largest absolute Gasteiger partial charge is 0.480 e. The molecule has 1 aliphatic carbocycles. The second-order valence-electron chi connectivity index (χ2n) is 8.05. The van der Waals surface area contributed by atoms with Crippen LogP contribution in [0.2, 0.25) is 0 Å². The molecule has 4 rings (SSSR count). The number of hydrogen-bond acceptors (Lipinski definition) is 5. The quantitative estimate of drug-likeness (QED) is 0.810. The summed E-state index contributed by atoms with van der Waals surface area (Å²) in [6.07, 6.45) is 5.45. The molecule has 3 aliphatic rings. The van der Waals surface area contributed by atoms with Crippen LogP contribution >= 0.6 is 0 Å². The van der Waals surface area contributed by atoms with Crippen LogP contribution in [0.15, 0.2) is 18.3 Å². The van der Waals surface area contributed by atoms with Crippen molar-refractivity contribution in [1.82, 2.24) is 9.88 Å². The van der Waals surface area contributed by atoms with Gasteiger partial charge in [-0.25, -0.2) is 9.78 Å². The van der Waals surface area contributed by atoms with E-state index < -0.39 is 17.9 Å². The molecule has 3 N–H and O–H groups in total. The first kappa shape index (κ1) is 17.8. The number of amides is 2. The minimum Gasteiger partial charge on any atom is -0.480 e. The number of piperidine rings is 1. The second-order valence-corrected chi connectivity index (χ2v) is 8.05. The zero-order valence-electron chi connectivity index (χ0n) is 15.1. The van der Waals surface area contributed by atoms with Crippen molar-refractivity contribution < 1.29 is 19.5 Å². The van der Waals surface area contributed by atoms with Gasteiger partial charge in [-0.05, 0) is 49.7 Å². The van der Waals surface area contributed by atoms with Gasteiger partial charge in [0.15, 0.2) is 0 Å². The Morgan fingerprint density at radius 1 is 1.22 bits per heavy atom. The van der Waals surface area contributed by atoms with E-state index >= 15 is 0 Å². The first-order valence-electron chi connectivity index (χ1n) is 9.43. The maximum absolute atomic E-state index is 12.5. The topological polar surface area (TPSA) is 117 Å². The van der Waals surface area contributed by atoms with Gasteiger partial charge >= 0.3 is 5.97 Å². The van der Waals surface area contributed by atoms with E-state index in [0.717, 1.165) is 25.7 Å². The summed E-state index contributed by atoms with van der Waals surface area (Å²) in [5.41, 5.74) is 5.62. The van der Waals surface area contributed by atoms with E-state index in [4.69, 9.17) is 5.73 Å². The van der Waals surface area contributed by atoms with Gasteiger partial charge in [-0.2, -0.15) is 0 Å². The maximum Gasteiger partial charge on any atom is 0.326 e. The number of aliphatic carboxylic acids is 1. The van der Waals surface area contributed by atoms with Gasteiger partial charge in [-0.3, -0.25) is 9.59 Å². The lowest BCUT2D eigenvalue weighted by Gasteiger charge is -2.39. The van der Waals surface area contributed by atoms with E-state index in [-0.39, 0.29) is 17.2 Å². The fourth-order valence-corrected chi connectivity index (χ4v) is 4.39. The van der Waals surface area contributed by atoms with Gasteiger partial charge in [-0.15, -0.1) is 0 Å². The van der Waals surface area contributed by atoms with E-state index in [1.165, 1.54) is 0 Å². The normalized spacial score (nSPS) is 24.2. The molecule has 8 heteroatoms. The molecule has 0 aromatic carbocycles. The highest BCUT2D eigenvalue weighted by molar-refractivity contribution is 5.93. The Hall–Kier alpha value is -2.64. The van der Waals surface area contributed by atoms with Crippen molar-refractivity contribution in [2.45, 2.75) is 38.1 Å². The molecular formula is C19H24N4O4. The summed E-state index contributed by atoms with van der Waals surface area (Å²) in [7, 11) is 0. The van der Waals surface area contributed by atoms with Crippen LogP contribution in [0.1, 0.15) is 42.5 Å². The molecule has 27 heavy (non-hydrogen) atoms. The predicted octanol–water partition coefficient (Wildman–Crippen LogP) is 0.863. The molecular weight excluding hydrogens is 348 g/mol. The fraction of sp³-hybridized carbons (Fsp3) is 0.579. The van der Waals surface area contributed by atoms with Crippen LogP contribution in [0, 0.1) is 11.3 Å². The number of carbonyl (C=O) groups is 3. The molecule has 1 atom stereocenters. The number of primary amides is 1. The van der Waals surface area contributed by atoms with Crippen LogP contribution in [-0.2, 0) is 9.59 Å². The molecule has 1 saturated carbocycles. The van der Waals surface area contributed by atoms with Crippen LogP contribution in [0.5, 0.6) is 0 Å². The predicted molar refractivity (Wildman–Crippen MR) is 97.1 cm³/mol. The number of aromatic nitrogens is 1. The third kappa shape index (κ3) is 3.36. The average Bonchev–Trinajstić information content (AvgIpc) is 3.44. The number of hydrogen-bond donors (Lipinski definition) is 2. The van der Waals surface area contributed by atoms with Gasteiger partial charge in [0.1, 0.15) is 11.9 Å². The molecule has 1 unspecified atom stereocenters. The first-order valence-corrected chi connectivity index (χ1v) is 9.43. The van der Waals surface area contributed by atoms with Gasteiger partial charge in [-0.1, -0.05) is 0 Å². The van der Waals surface area contributed by atoms with Crippen molar-refractivity contribution in [3.63, 3.8) is 0 Å². The Bertz CT molecular complexity index is 784. The Kier molecular flexibility index (Phi) is 4.28. The van der Waals surface area contributed by atoms with E-state index in [2.05, 4.69) is 9.88 Å². The number of nitrogens with two attached hydrogens (primary N) is 1. The van der Waals surface area contributed by atoms with Crippen LogP contribution in [0.3, 0.4) is 0 Å². The third-order valence-corrected chi connectivity index (χ3v) is 6.18. The van der Waals surface area contributed by atoms with E-state index in [0.29, 0.717) is 37.4 Å². The molecule has 144 valence electrons. The SMILES string of the molecule is NC(=O)c1ccnc(N2CCC3(CC2)CC(C(=O)O)N(C(=O)C2CC2)C3)c1. The van der Waals surface area contributed by atoms with Gasteiger partial charge in [0, 0.05) is 37.3 Å². The number of pyridine rings is 1. The van der Waals surface area contributed by atoms with Crippen LogP contribution < -0.4 is 10.6 Å². The molecule has 1 aromatic rings. The minimum atomic E-state index is -0.904. The molecule has 3 fully saturated rings. The van der Waals surface area contributed by atoms with Gasteiger partial charge < -0.3 is 20.6 Å². The smallest absolute Gasteiger partial charge is 0.326 e. The Labute approximate surface area is 157 Å². The summed E-state index contributed by atoms with van der Waals surface area (Å²) in [4.78, 5) is 43.7. The molecule has 0 radical (unpaired) electrons. The Morgan fingerprint density at radius 2 is 1.93 bits per heavy atom. The number of rotatable bonds is 4. The summed E-state index contributed by atoms with van der Waals surface area (Å²) >= 11 is 0. The standard InChI is InChI=1S/C19H24N4O4/c20-16(24)13-3-6-21-15(9-13)22-7-4-19(5-8-22)10-14(18(26)27)23(11-19)17(25)12-1-2-12/h3,6,9,12,14H,1-2,4-5,7-8,10-11H2,(H2,20,24)(H,26,27). The Morgan fingerprint density at radius 3 is 2.52 bits per heavy atom. The molecule has 2 aliphatic heterocycles. The molecule has 1 aromatic heterocycles. The highest BCUT2D eigenvalue weighted by Gasteiger charge is 2.51. The van der Waals surface area contributed by atoms with Gasteiger partial charge in [0.05, 0.1) is 0 Å². The number of carbonyl (C=O) groups excluding carboxylic acids is 2. The van der Waals surface area contributed by atoms with Gasteiger partial charge in [0.25, 0.3) is 0 Å². The second kappa shape index (κ2) is 6.51. The molecule has 1 spiro atoms. The zero-order chi connectivity index (χ0) is 19.2. The van der Waals surface area contributed by atoms with Crippen molar-refractivity contribution in [3.8, 4) is 0 Å². The minimum absolute atomic E-state index is 0.0116. The third-order valence-electron chi connectivity index (χ3n) is 6.18. The summed E-state index contributed by atoms with van der Waals surface area (Å²) in [5.74, 6) is -0.638. The van der Waals surface area contributed by atoms with E-state index in [1.807, 2.05) is 0 Å². The summed E-state index contributed by atoms with van der Waals surface area (Å²) in [6.45, 7) is 1.96. The number of likely N-dealkylation sites (tertiary alicyclic amines) is 1. The van der Waals surface area contributed by atoms with Crippen LogP contribution in [0.25, 0.3) is 0 Å². The average molecular weight is 372 g/mol. The summed E-state index contributed by atoms with van der Waals surface area (Å²) in [6, 6.07) is 2.58. The van der Waals surface area contributed by atoms with Gasteiger partial charge in [0.2, 0.25) is 11.8 Å². The van der Waals surface area contributed by atoms with Crippen LogP contribution in [-0.4, -0.2) is 58.5 Å². The van der Waals surface area contributed by atoms with E-state index in [9.17, 15) is 19.5 Å². The van der Waals surface area contributed by atoms with Crippen molar-refractivity contribution in [2.24, 2.45) is 17.1 Å². The highest BCUT2D eigenvalue weighted by atomic mass is 16.4. The first-order chi connectivity index (χ1) is 12.9.